The largest absolute Gasteiger partial charge is 0.390 e. The number of aliphatic hydroxyl groups excluding tert-OH is 1. The topological polar surface area (TPSA) is 282 Å². The van der Waals surface area contributed by atoms with Gasteiger partial charge in [0.15, 0.2) is 0 Å². The highest BCUT2D eigenvalue weighted by Crippen LogP contribution is 2.26. The molecule has 0 aliphatic carbocycles. The summed E-state index contributed by atoms with van der Waals surface area (Å²) in [6, 6.07) is -13.7. The van der Waals surface area contributed by atoms with Gasteiger partial charge in [-0.05, 0) is 121 Å². The molecule has 0 spiro atoms. The predicted octanol–water partition coefficient (Wildman–Crippen LogP) is 3.59. The monoisotopic (exact) mass is 1270 g/mol. The maximum atomic E-state index is 15.3. The molecule has 1 aliphatic rings. The van der Waals surface area contributed by atoms with Gasteiger partial charge in [0, 0.05) is 49.3 Å². The quantitative estimate of drug-likeness (QED) is 0.123. The summed E-state index contributed by atoms with van der Waals surface area (Å²) in [6.45, 7) is 30.2. The number of nitrogens with zero attached hydrogens (tertiary/aromatic N) is 8. The summed E-state index contributed by atoms with van der Waals surface area (Å²) in [5.74, 6) is -10.1. The lowest BCUT2D eigenvalue weighted by atomic mass is 9.91. The minimum absolute atomic E-state index is 0.00890. The summed E-state index contributed by atoms with van der Waals surface area (Å²) in [6.07, 6.45) is 3.36. The van der Waals surface area contributed by atoms with Crippen molar-refractivity contribution in [3.8, 4) is 0 Å². The molecule has 1 unspecified atom stereocenters. The number of allylic oxidation sites excluding steroid dienone is 2. The summed E-state index contributed by atoms with van der Waals surface area (Å²) >= 11 is 0. The third-order valence-electron chi connectivity index (χ3n) is 17.6. The van der Waals surface area contributed by atoms with Crippen molar-refractivity contribution >= 4 is 65.0 Å². The van der Waals surface area contributed by atoms with Gasteiger partial charge in [-0.3, -0.25) is 52.7 Å². The molecule has 1 heterocycles. The normalized spacial score (nSPS) is 27.3. The van der Waals surface area contributed by atoms with Gasteiger partial charge in [0.05, 0.1) is 6.10 Å². The van der Waals surface area contributed by atoms with Crippen LogP contribution in [0.25, 0.3) is 0 Å². The molecular formula is C66H120N12O12. The summed E-state index contributed by atoms with van der Waals surface area (Å²) < 4.78 is 0. The van der Waals surface area contributed by atoms with Crippen molar-refractivity contribution in [1.29, 1.82) is 0 Å². The smallest absolute Gasteiger partial charge is 0.246 e. The van der Waals surface area contributed by atoms with Crippen LogP contribution in [0, 0.1) is 41.4 Å². The minimum atomic E-state index is -1.63. The molecular weight excluding hydrogens is 1150 g/mol. The van der Waals surface area contributed by atoms with Crippen molar-refractivity contribution in [2.24, 2.45) is 41.4 Å². The van der Waals surface area contributed by atoms with Gasteiger partial charge in [-0.15, -0.1) is 0 Å². The number of carbonyl (C=O) groups is 11. The molecule has 516 valence electrons. The Labute approximate surface area is 540 Å². The Morgan fingerprint density at radius 1 is 0.467 bits per heavy atom. The van der Waals surface area contributed by atoms with Crippen molar-refractivity contribution in [3.63, 3.8) is 0 Å². The van der Waals surface area contributed by atoms with E-state index in [1.54, 1.807) is 68.6 Å². The molecule has 5 N–H and O–H groups in total. The van der Waals surface area contributed by atoms with Crippen LogP contribution in [0.2, 0.25) is 0 Å². The third-order valence-corrected chi connectivity index (χ3v) is 17.6. The molecule has 1 rings (SSSR count). The van der Waals surface area contributed by atoms with Gasteiger partial charge in [0.2, 0.25) is 65.0 Å². The number of nitrogens with one attached hydrogen (secondary N) is 4. The van der Waals surface area contributed by atoms with Gasteiger partial charge in [-0.1, -0.05) is 116 Å². The Bertz CT molecular complexity index is 2450. The van der Waals surface area contributed by atoms with Gasteiger partial charge in [0.1, 0.15) is 66.5 Å². The number of hydrogen-bond acceptors (Lipinski definition) is 13. The van der Waals surface area contributed by atoms with E-state index < -0.39 is 161 Å². The van der Waals surface area contributed by atoms with Crippen LogP contribution < -0.4 is 21.3 Å². The van der Waals surface area contributed by atoms with Crippen LogP contribution in [-0.4, -0.2) is 252 Å². The van der Waals surface area contributed by atoms with E-state index in [1.165, 1.54) is 92.6 Å². The Kier molecular flexibility index (Phi) is 34.0. The second-order valence-electron chi connectivity index (χ2n) is 27.6. The molecule has 90 heavy (non-hydrogen) atoms. The summed E-state index contributed by atoms with van der Waals surface area (Å²) in [5, 5.41) is 23.4. The van der Waals surface area contributed by atoms with Crippen LogP contribution in [-0.2, 0) is 52.7 Å². The maximum absolute atomic E-state index is 15.3. The Morgan fingerprint density at radius 2 is 0.889 bits per heavy atom. The Hall–Kier alpha value is -6.17. The fraction of sp³-hybridized carbons (Fsp3) is 0.803. The van der Waals surface area contributed by atoms with Crippen molar-refractivity contribution < 1.29 is 57.8 Å². The number of rotatable bonds is 18. The predicted molar refractivity (Wildman–Crippen MR) is 351 cm³/mol. The minimum Gasteiger partial charge on any atom is -0.390 e. The average Bonchev–Trinajstić information content (AvgIpc) is 0.843. The van der Waals surface area contributed by atoms with Crippen LogP contribution in [0.5, 0.6) is 0 Å². The van der Waals surface area contributed by atoms with Crippen molar-refractivity contribution in [1.82, 2.24) is 60.5 Å². The lowest BCUT2D eigenvalue weighted by Gasteiger charge is -2.41. The Balaban J connectivity index is 4.51. The average molecular weight is 1270 g/mol. The fourth-order valence-electron chi connectivity index (χ4n) is 11.6. The first-order valence-corrected chi connectivity index (χ1v) is 32.6. The highest BCUT2D eigenvalue weighted by atomic mass is 16.3. The second-order valence-corrected chi connectivity index (χ2v) is 27.6. The number of likely N-dealkylation sites (N-methyl/N-ethyl adjacent to an activating group) is 7. The number of carbonyl (C=O) groups excluding carboxylic acids is 11. The zero-order chi connectivity index (χ0) is 69.8. The highest BCUT2D eigenvalue weighted by molar-refractivity contribution is 6.00. The first-order valence-electron chi connectivity index (χ1n) is 32.6. The van der Waals surface area contributed by atoms with E-state index in [0.29, 0.717) is 19.4 Å². The zero-order valence-corrected chi connectivity index (χ0v) is 59.8. The van der Waals surface area contributed by atoms with E-state index in [0.717, 1.165) is 4.90 Å². The van der Waals surface area contributed by atoms with Gasteiger partial charge >= 0.3 is 0 Å². The van der Waals surface area contributed by atoms with E-state index in [4.69, 9.17) is 0 Å². The summed E-state index contributed by atoms with van der Waals surface area (Å²) in [7, 11) is 13.7. The molecule has 14 atom stereocenters. The van der Waals surface area contributed by atoms with Crippen LogP contribution in [0.1, 0.15) is 163 Å². The van der Waals surface area contributed by atoms with Gasteiger partial charge in [-0.2, -0.15) is 0 Å². The van der Waals surface area contributed by atoms with Crippen molar-refractivity contribution in [2.75, 3.05) is 70.0 Å². The molecule has 1 aliphatic heterocycles. The molecule has 0 saturated carbocycles. The maximum Gasteiger partial charge on any atom is 0.246 e. The van der Waals surface area contributed by atoms with Crippen molar-refractivity contribution in [2.45, 2.75) is 235 Å². The molecule has 11 amide bonds. The fourth-order valence-corrected chi connectivity index (χ4v) is 11.6. The molecule has 1 fully saturated rings. The first kappa shape index (κ1) is 81.8. The van der Waals surface area contributed by atoms with E-state index >= 15 is 28.8 Å². The van der Waals surface area contributed by atoms with E-state index in [9.17, 15) is 29.1 Å². The van der Waals surface area contributed by atoms with Crippen LogP contribution >= 0.6 is 0 Å². The highest BCUT2D eigenvalue weighted by Gasteiger charge is 2.47. The molecule has 0 bridgehead atoms. The number of amides is 11. The van der Waals surface area contributed by atoms with Crippen LogP contribution in [0.3, 0.4) is 0 Å². The van der Waals surface area contributed by atoms with Crippen LogP contribution in [0.15, 0.2) is 12.2 Å². The van der Waals surface area contributed by atoms with Crippen LogP contribution in [0.4, 0.5) is 0 Å². The van der Waals surface area contributed by atoms with Crippen molar-refractivity contribution in [3.05, 3.63) is 12.2 Å². The van der Waals surface area contributed by atoms with Gasteiger partial charge in [0.25, 0.3) is 0 Å². The zero-order valence-electron chi connectivity index (χ0n) is 59.8. The molecule has 0 aromatic rings. The Morgan fingerprint density at radius 3 is 1.34 bits per heavy atom. The molecule has 0 radical (unpaired) electrons. The number of aliphatic hydroxyl groups is 1. The lowest BCUT2D eigenvalue weighted by molar-refractivity contribution is -0.157. The molecule has 24 heteroatoms. The van der Waals surface area contributed by atoms with E-state index in [1.807, 2.05) is 66.4 Å². The standard InChI is InChI=1S/C66H120N12O12/c1-27-30-31-43(15)55(79)54-59(83)69-46(29-3)61(85)72(20)47(32-33-71(18)19)62(86)77(25)53(42(14)28-2)58(82)70-51(40(10)11)65(89)73(21)48(34-37(4)5)57(81)67-44(16)56(80)68-45(17)60(84)74(22)49(35-38(6)7)63(87)75(23)50(36-39(8)9)64(88)76(24)52(41(12)13)66(90)78(54)26/h27,30,37-55,79H,28-29,31-36H2,1-26H3,(H,67,81)(H,68,80)(H,69,83)(H,70,82)/t42?,43-,44+,45-,46+,47-,48+,49+,50+,51+,52+,53+,54+,55-/m1/s1. The summed E-state index contributed by atoms with van der Waals surface area (Å²) in [4.78, 5) is 174. The van der Waals surface area contributed by atoms with Gasteiger partial charge < -0.3 is 65.6 Å². The molecule has 24 nitrogen and oxygen atoms in total. The first-order chi connectivity index (χ1) is 41.6. The SMILES string of the molecule is CC=CC[C@@H](C)[C@@H](O)[C@H]1C(=O)N[C@@H](CC)C(=O)N(C)[C@H](CCN(C)C)C(=O)N(C)[C@@H](C(C)CC)C(=O)N[C@@H](C(C)C)C(=O)N(C)[C@@H](CC(C)C)C(=O)N[C@@H](C)C(=O)N[C@H](C)C(=O)N(C)[C@@H](CC(C)C)C(=O)N(C)[C@@H](CC(C)C)C(=O)N(C)[C@@H](C(C)C)C(=O)N1C. The second kappa shape index (κ2) is 37.4. The van der Waals surface area contributed by atoms with Gasteiger partial charge in [-0.25, -0.2) is 0 Å². The molecule has 1 saturated heterocycles. The lowest BCUT2D eigenvalue weighted by Crippen LogP contribution is -2.64. The van der Waals surface area contributed by atoms with E-state index in [2.05, 4.69) is 21.3 Å². The molecule has 0 aromatic carbocycles. The number of hydrogen-bond donors (Lipinski definition) is 5. The summed E-state index contributed by atoms with van der Waals surface area (Å²) in [5.41, 5.74) is 0. The third kappa shape index (κ3) is 22.3. The van der Waals surface area contributed by atoms with E-state index in [-0.39, 0.29) is 49.9 Å². The molecule has 0 aromatic heterocycles.